The van der Waals surface area contributed by atoms with Gasteiger partial charge in [-0.15, -0.1) is 6.58 Å². The highest BCUT2D eigenvalue weighted by Gasteiger charge is 2.16. The fraction of sp³-hybridized carbons (Fsp3) is 0.300. The molecule has 1 unspecified atom stereocenters. The van der Waals surface area contributed by atoms with Crippen LogP contribution in [0.1, 0.15) is 24.0 Å². The maximum Gasteiger partial charge on any atom is 0.161 e. The summed E-state index contributed by atoms with van der Waals surface area (Å²) >= 11 is 0. The van der Waals surface area contributed by atoms with E-state index in [1.165, 1.54) is 0 Å². The topological polar surface area (TPSA) is 36.9 Å². The first-order valence-electron chi connectivity index (χ1n) is 7.83. The van der Waals surface area contributed by atoms with E-state index in [1.54, 1.807) is 21.3 Å². The normalized spacial score (nSPS) is 11.5. The predicted molar refractivity (Wildman–Crippen MR) is 95.7 cm³/mol. The van der Waals surface area contributed by atoms with Crippen LogP contribution in [0.4, 0.5) is 0 Å². The molecule has 2 rings (SSSR count). The molecule has 2 aromatic carbocycles. The molecule has 0 N–H and O–H groups in total. The molecule has 0 saturated carbocycles. The molecule has 0 heterocycles. The predicted octanol–water partition coefficient (Wildman–Crippen LogP) is 4.43. The average molecular weight is 328 g/mol. The fourth-order valence-corrected chi connectivity index (χ4v) is 2.67. The quantitative estimate of drug-likeness (QED) is 0.672. The van der Waals surface area contributed by atoms with Crippen molar-refractivity contribution in [1.82, 2.24) is 0 Å². The summed E-state index contributed by atoms with van der Waals surface area (Å²) in [6.07, 6.45) is 1.90. The Morgan fingerprint density at radius 2 is 1.33 bits per heavy atom. The number of benzene rings is 2. The van der Waals surface area contributed by atoms with Crippen LogP contribution < -0.4 is 18.9 Å². The summed E-state index contributed by atoms with van der Waals surface area (Å²) in [7, 11) is 4.89. The highest BCUT2D eigenvalue weighted by Crippen LogP contribution is 2.37. The van der Waals surface area contributed by atoms with Crippen LogP contribution in [0.25, 0.3) is 0 Å². The van der Waals surface area contributed by atoms with Crippen molar-refractivity contribution in [2.75, 3.05) is 27.9 Å². The van der Waals surface area contributed by atoms with Gasteiger partial charge in [-0.2, -0.15) is 0 Å². The van der Waals surface area contributed by atoms with Crippen LogP contribution in [0.2, 0.25) is 0 Å². The first-order chi connectivity index (χ1) is 11.7. The third-order valence-corrected chi connectivity index (χ3v) is 3.85. The van der Waals surface area contributed by atoms with E-state index in [2.05, 4.69) is 6.58 Å². The molecule has 128 valence electrons. The van der Waals surface area contributed by atoms with Gasteiger partial charge in [-0.1, -0.05) is 18.2 Å². The zero-order valence-electron chi connectivity index (χ0n) is 14.7. The van der Waals surface area contributed by atoms with Gasteiger partial charge in [0.2, 0.25) is 0 Å². The van der Waals surface area contributed by atoms with Gasteiger partial charge in [-0.3, -0.25) is 0 Å². The Hall–Kier alpha value is -2.62. The molecule has 0 saturated heterocycles. The molecule has 4 heteroatoms. The Labute approximate surface area is 143 Å². The number of rotatable bonds is 8. The van der Waals surface area contributed by atoms with Gasteiger partial charge in [-0.25, -0.2) is 0 Å². The molecule has 0 fully saturated rings. The highest BCUT2D eigenvalue weighted by molar-refractivity contribution is 5.50. The monoisotopic (exact) mass is 328 g/mol. The van der Waals surface area contributed by atoms with Crippen molar-refractivity contribution >= 4 is 0 Å². The van der Waals surface area contributed by atoms with Crippen LogP contribution >= 0.6 is 0 Å². The van der Waals surface area contributed by atoms with E-state index in [1.807, 2.05) is 49.4 Å². The summed E-state index contributed by atoms with van der Waals surface area (Å²) in [4.78, 5) is 0. The Kier molecular flexibility index (Phi) is 6.13. The summed E-state index contributed by atoms with van der Waals surface area (Å²) in [6.45, 7) is 6.51. The average Bonchev–Trinajstić information content (AvgIpc) is 2.62. The summed E-state index contributed by atoms with van der Waals surface area (Å²) < 4.78 is 21.7. The second kappa shape index (κ2) is 8.29. The lowest BCUT2D eigenvalue weighted by atomic mass is 9.91. The minimum absolute atomic E-state index is 0.00918. The molecule has 0 aromatic heterocycles. The zero-order valence-corrected chi connectivity index (χ0v) is 14.7. The highest BCUT2D eigenvalue weighted by atomic mass is 16.5. The van der Waals surface area contributed by atoms with Crippen LogP contribution in [-0.4, -0.2) is 27.9 Å². The van der Waals surface area contributed by atoms with E-state index in [-0.39, 0.29) is 5.92 Å². The molecule has 0 radical (unpaired) electrons. The first kappa shape index (κ1) is 17.7. The third-order valence-electron chi connectivity index (χ3n) is 3.85. The lowest BCUT2D eigenvalue weighted by molar-refractivity contribution is 0.310. The van der Waals surface area contributed by atoms with Crippen molar-refractivity contribution in [3.63, 3.8) is 0 Å². The minimum atomic E-state index is 0.00918. The summed E-state index contributed by atoms with van der Waals surface area (Å²) in [6, 6.07) is 11.8. The largest absolute Gasteiger partial charge is 0.493 e. The Morgan fingerprint density at radius 3 is 1.79 bits per heavy atom. The number of methoxy groups -OCH3 is 3. The van der Waals surface area contributed by atoms with Crippen LogP contribution in [0, 0.1) is 0 Å². The standard InChI is InChI=1S/C20H24O4/c1-6-16(14-8-10-17(21-3)19(12-14)23-5)15-9-11-18(22-4)20(13-15)24-7-2/h6,8-13,16H,1,7H2,2-5H3. The number of allylic oxidation sites excluding steroid dienone is 1. The van der Waals surface area contributed by atoms with Crippen LogP contribution in [0.15, 0.2) is 49.1 Å². The Balaban J connectivity index is 2.44. The maximum absolute atomic E-state index is 5.68. The van der Waals surface area contributed by atoms with Crippen molar-refractivity contribution < 1.29 is 18.9 Å². The second-order valence-electron chi connectivity index (χ2n) is 5.17. The summed E-state index contributed by atoms with van der Waals surface area (Å²) in [5.41, 5.74) is 2.14. The lowest BCUT2D eigenvalue weighted by Gasteiger charge is -2.18. The SMILES string of the molecule is C=CC(c1ccc(OC)c(OC)c1)c1ccc(OC)c(OCC)c1. The molecular formula is C20H24O4. The zero-order chi connectivity index (χ0) is 17.5. The van der Waals surface area contributed by atoms with E-state index in [4.69, 9.17) is 18.9 Å². The number of hydrogen-bond acceptors (Lipinski definition) is 4. The second-order valence-corrected chi connectivity index (χ2v) is 5.17. The van der Waals surface area contributed by atoms with Gasteiger partial charge in [0, 0.05) is 5.92 Å². The van der Waals surface area contributed by atoms with Gasteiger partial charge in [-0.05, 0) is 42.3 Å². The van der Waals surface area contributed by atoms with Crippen molar-refractivity contribution in [3.8, 4) is 23.0 Å². The molecule has 0 spiro atoms. The molecule has 2 aromatic rings. The fourth-order valence-electron chi connectivity index (χ4n) is 2.67. The van der Waals surface area contributed by atoms with Gasteiger partial charge >= 0.3 is 0 Å². The van der Waals surface area contributed by atoms with Crippen LogP contribution in [-0.2, 0) is 0 Å². The van der Waals surface area contributed by atoms with Gasteiger partial charge < -0.3 is 18.9 Å². The lowest BCUT2D eigenvalue weighted by Crippen LogP contribution is -2.02. The minimum Gasteiger partial charge on any atom is -0.493 e. The molecule has 0 amide bonds. The number of ether oxygens (including phenoxy) is 4. The Morgan fingerprint density at radius 1 is 0.833 bits per heavy atom. The summed E-state index contributed by atoms with van der Waals surface area (Å²) in [5.74, 6) is 2.85. The molecule has 0 aliphatic carbocycles. The summed E-state index contributed by atoms with van der Waals surface area (Å²) in [5, 5.41) is 0. The molecule has 0 aliphatic heterocycles. The van der Waals surface area contributed by atoms with Gasteiger partial charge in [0.05, 0.1) is 27.9 Å². The Bertz CT molecular complexity index is 694. The molecular weight excluding hydrogens is 304 g/mol. The van der Waals surface area contributed by atoms with Crippen molar-refractivity contribution in [1.29, 1.82) is 0 Å². The molecule has 0 aliphatic rings. The first-order valence-corrected chi connectivity index (χ1v) is 7.83. The van der Waals surface area contributed by atoms with E-state index < -0.39 is 0 Å². The van der Waals surface area contributed by atoms with E-state index >= 15 is 0 Å². The molecule has 4 nitrogen and oxygen atoms in total. The van der Waals surface area contributed by atoms with Gasteiger partial charge in [0.25, 0.3) is 0 Å². The van der Waals surface area contributed by atoms with E-state index in [0.717, 1.165) is 22.6 Å². The third kappa shape index (κ3) is 3.65. The van der Waals surface area contributed by atoms with E-state index in [9.17, 15) is 0 Å². The van der Waals surface area contributed by atoms with Crippen molar-refractivity contribution in [3.05, 3.63) is 60.2 Å². The smallest absolute Gasteiger partial charge is 0.161 e. The van der Waals surface area contributed by atoms with E-state index in [0.29, 0.717) is 18.1 Å². The van der Waals surface area contributed by atoms with Crippen molar-refractivity contribution in [2.45, 2.75) is 12.8 Å². The molecule has 1 atom stereocenters. The van der Waals surface area contributed by atoms with Crippen LogP contribution in [0.5, 0.6) is 23.0 Å². The van der Waals surface area contributed by atoms with Gasteiger partial charge in [0.15, 0.2) is 23.0 Å². The van der Waals surface area contributed by atoms with Crippen molar-refractivity contribution in [2.24, 2.45) is 0 Å². The number of hydrogen-bond donors (Lipinski definition) is 0. The molecule has 24 heavy (non-hydrogen) atoms. The molecule has 0 bridgehead atoms. The van der Waals surface area contributed by atoms with Gasteiger partial charge in [0.1, 0.15) is 0 Å². The van der Waals surface area contributed by atoms with Crippen LogP contribution in [0.3, 0.4) is 0 Å². The maximum atomic E-state index is 5.68.